The maximum atomic E-state index is 12.1. The predicted octanol–water partition coefficient (Wildman–Crippen LogP) is 3.35. The molecule has 3 rings (SSSR count). The van der Waals surface area contributed by atoms with E-state index in [0.29, 0.717) is 24.4 Å². The minimum atomic E-state index is -0.846. The smallest absolute Gasteiger partial charge is 0.227 e. The third kappa shape index (κ3) is 2.11. The van der Waals surface area contributed by atoms with Crippen molar-refractivity contribution in [3.63, 3.8) is 0 Å². The van der Waals surface area contributed by atoms with E-state index in [-0.39, 0.29) is 11.7 Å². The van der Waals surface area contributed by atoms with Crippen molar-refractivity contribution in [3.8, 4) is 5.75 Å². The zero-order chi connectivity index (χ0) is 15.2. The normalized spacial score (nSPS) is 20.3. The van der Waals surface area contributed by atoms with Crippen LogP contribution in [0.3, 0.4) is 0 Å². The number of nitrogens with zero attached hydrogens (tertiary/aromatic N) is 1. The average molecular weight is 285 g/mol. The van der Waals surface area contributed by atoms with Gasteiger partial charge in [-0.15, -0.1) is 0 Å². The number of carbonyl (C=O) groups excluding carboxylic acids is 1. The van der Waals surface area contributed by atoms with Gasteiger partial charge in [0.25, 0.3) is 0 Å². The molecule has 1 amide bonds. The minimum Gasteiger partial charge on any atom is -0.506 e. The standard InChI is InChI=1S/C17H19NO3/c1-4-11-7-8-13-12(10-11)15(16(20)17(2,3)21-13)18-9-5-6-14(18)19/h4,7-8,10,20H,1,5-6,9H2,2-3H3. The van der Waals surface area contributed by atoms with E-state index in [1.54, 1.807) is 24.8 Å². The van der Waals surface area contributed by atoms with Gasteiger partial charge in [-0.1, -0.05) is 18.7 Å². The molecule has 0 spiro atoms. The molecule has 0 aromatic heterocycles. The van der Waals surface area contributed by atoms with Crippen molar-refractivity contribution in [2.24, 2.45) is 0 Å². The zero-order valence-corrected chi connectivity index (χ0v) is 12.3. The maximum absolute atomic E-state index is 12.1. The molecule has 0 bridgehead atoms. The Labute approximate surface area is 124 Å². The number of hydrogen-bond donors (Lipinski definition) is 1. The first-order valence-electron chi connectivity index (χ1n) is 7.14. The van der Waals surface area contributed by atoms with E-state index in [1.807, 2.05) is 18.2 Å². The number of benzene rings is 1. The topological polar surface area (TPSA) is 49.8 Å². The molecular weight excluding hydrogens is 266 g/mol. The lowest BCUT2D eigenvalue weighted by atomic mass is 9.94. The Morgan fingerprint density at radius 1 is 1.43 bits per heavy atom. The highest BCUT2D eigenvalue weighted by molar-refractivity contribution is 5.91. The molecule has 2 aliphatic rings. The second kappa shape index (κ2) is 4.65. The summed E-state index contributed by atoms with van der Waals surface area (Å²) < 4.78 is 5.88. The van der Waals surface area contributed by atoms with E-state index in [2.05, 4.69) is 6.58 Å². The molecule has 2 aliphatic heterocycles. The Bertz CT molecular complexity index is 658. The molecular formula is C17H19NO3. The SMILES string of the molecule is C=Cc1ccc2c(c1)C(N1CCCC1=O)=C(O)C(C)(C)O2. The van der Waals surface area contributed by atoms with E-state index in [9.17, 15) is 9.90 Å². The van der Waals surface area contributed by atoms with Gasteiger partial charge in [-0.25, -0.2) is 0 Å². The van der Waals surface area contributed by atoms with Crippen molar-refractivity contribution < 1.29 is 14.6 Å². The number of rotatable bonds is 2. The fourth-order valence-corrected chi connectivity index (χ4v) is 2.84. The third-order valence-corrected chi connectivity index (χ3v) is 4.00. The van der Waals surface area contributed by atoms with Gasteiger partial charge in [0, 0.05) is 18.5 Å². The van der Waals surface area contributed by atoms with Crippen molar-refractivity contribution in [1.29, 1.82) is 0 Å². The molecule has 0 unspecified atom stereocenters. The van der Waals surface area contributed by atoms with Gasteiger partial charge in [0.2, 0.25) is 5.91 Å². The summed E-state index contributed by atoms with van der Waals surface area (Å²) in [5.41, 5.74) is 1.40. The summed E-state index contributed by atoms with van der Waals surface area (Å²) in [5.74, 6) is 0.828. The highest BCUT2D eigenvalue weighted by Gasteiger charge is 2.40. The Morgan fingerprint density at radius 3 is 2.81 bits per heavy atom. The quantitative estimate of drug-likeness (QED) is 0.906. The zero-order valence-electron chi connectivity index (χ0n) is 12.3. The lowest BCUT2D eigenvalue weighted by molar-refractivity contribution is -0.125. The highest BCUT2D eigenvalue weighted by atomic mass is 16.5. The van der Waals surface area contributed by atoms with Gasteiger partial charge in [0.05, 0.1) is 5.70 Å². The van der Waals surface area contributed by atoms with Crippen LogP contribution in [0.4, 0.5) is 0 Å². The van der Waals surface area contributed by atoms with E-state index >= 15 is 0 Å². The molecule has 21 heavy (non-hydrogen) atoms. The molecule has 1 aromatic rings. The number of carbonyl (C=O) groups is 1. The van der Waals surface area contributed by atoms with Gasteiger partial charge in [-0.3, -0.25) is 4.79 Å². The highest BCUT2D eigenvalue weighted by Crippen LogP contribution is 2.42. The lowest BCUT2D eigenvalue weighted by Gasteiger charge is -2.36. The lowest BCUT2D eigenvalue weighted by Crippen LogP contribution is -2.38. The van der Waals surface area contributed by atoms with Gasteiger partial charge < -0.3 is 14.7 Å². The van der Waals surface area contributed by atoms with Gasteiger partial charge in [-0.05, 0) is 38.0 Å². The first-order valence-corrected chi connectivity index (χ1v) is 7.14. The summed E-state index contributed by atoms with van der Waals surface area (Å²) in [5, 5.41) is 10.6. The maximum Gasteiger partial charge on any atom is 0.227 e. The Morgan fingerprint density at radius 2 is 2.19 bits per heavy atom. The van der Waals surface area contributed by atoms with E-state index in [0.717, 1.165) is 17.5 Å². The summed E-state index contributed by atoms with van der Waals surface area (Å²) in [6, 6.07) is 5.67. The number of aliphatic hydroxyl groups is 1. The van der Waals surface area contributed by atoms with Crippen LogP contribution in [0.2, 0.25) is 0 Å². The average Bonchev–Trinajstić information content (AvgIpc) is 2.86. The van der Waals surface area contributed by atoms with Crippen molar-refractivity contribution in [3.05, 3.63) is 41.7 Å². The largest absolute Gasteiger partial charge is 0.506 e. The van der Waals surface area contributed by atoms with Crippen LogP contribution in [-0.4, -0.2) is 28.1 Å². The van der Waals surface area contributed by atoms with Crippen LogP contribution in [0.25, 0.3) is 11.8 Å². The molecule has 1 aromatic carbocycles. The van der Waals surface area contributed by atoms with Gasteiger partial charge in [-0.2, -0.15) is 0 Å². The number of likely N-dealkylation sites (tertiary alicyclic amines) is 1. The first kappa shape index (κ1) is 13.7. The molecule has 0 radical (unpaired) electrons. The van der Waals surface area contributed by atoms with Crippen molar-refractivity contribution in [2.45, 2.75) is 32.3 Å². The molecule has 110 valence electrons. The van der Waals surface area contributed by atoms with Crippen LogP contribution >= 0.6 is 0 Å². The molecule has 2 heterocycles. The van der Waals surface area contributed by atoms with Gasteiger partial charge >= 0.3 is 0 Å². The molecule has 0 saturated carbocycles. The Hall–Kier alpha value is -2.23. The van der Waals surface area contributed by atoms with E-state index in [4.69, 9.17) is 4.74 Å². The number of hydrogen-bond acceptors (Lipinski definition) is 3. The van der Waals surface area contributed by atoms with Crippen LogP contribution in [0, 0.1) is 0 Å². The molecule has 1 fully saturated rings. The van der Waals surface area contributed by atoms with Crippen LogP contribution in [0.1, 0.15) is 37.8 Å². The third-order valence-electron chi connectivity index (χ3n) is 4.00. The van der Waals surface area contributed by atoms with E-state index in [1.165, 1.54) is 0 Å². The van der Waals surface area contributed by atoms with Crippen molar-refractivity contribution in [2.75, 3.05) is 6.54 Å². The Balaban J connectivity index is 2.22. The first-order chi connectivity index (χ1) is 9.94. The number of aliphatic hydroxyl groups excluding tert-OH is 1. The Kier molecular flexibility index (Phi) is 3.04. The van der Waals surface area contributed by atoms with Crippen molar-refractivity contribution >= 4 is 17.7 Å². The fraction of sp³-hybridized carbons (Fsp3) is 0.353. The molecule has 0 aliphatic carbocycles. The summed E-state index contributed by atoms with van der Waals surface area (Å²) >= 11 is 0. The van der Waals surface area contributed by atoms with Crippen LogP contribution in [0.15, 0.2) is 30.5 Å². The summed E-state index contributed by atoms with van der Waals surface area (Å²) in [6.45, 7) is 7.99. The predicted molar refractivity (Wildman–Crippen MR) is 81.7 cm³/mol. The molecule has 4 heteroatoms. The fourth-order valence-electron chi connectivity index (χ4n) is 2.84. The van der Waals surface area contributed by atoms with Crippen molar-refractivity contribution in [1.82, 2.24) is 4.90 Å². The van der Waals surface area contributed by atoms with Crippen LogP contribution in [0.5, 0.6) is 5.75 Å². The molecule has 0 atom stereocenters. The molecule has 1 N–H and O–H groups in total. The second-order valence-corrected chi connectivity index (χ2v) is 5.92. The summed E-state index contributed by atoms with van der Waals surface area (Å²) in [4.78, 5) is 13.8. The van der Waals surface area contributed by atoms with Gasteiger partial charge in [0.15, 0.2) is 11.4 Å². The summed E-state index contributed by atoms with van der Waals surface area (Å²) in [6.07, 6.45) is 3.07. The van der Waals surface area contributed by atoms with Crippen LogP contribution < -0.4 is 4.74 Å². The minimum absolute atomic E-state index is 0.0456. The molecule has 1 saturated heterocycles. The molecule has 4 nitrogen and oxygen atoms in total. The summed E-state index contributed by atoms with van der Waals surface area (Å²) in [7, 11) is 0. The monoisotopic (exact) mass is 285 g/mol. The van der Waals surface area contributed by atoms with Gasteiger partial charge in [0.1, 0.15) is 5.75 Å². The van der Waals surface area contributed by atoms with Crippen LogP contribution in [-0.2, 0) is 4.79 Å². The second-order valence-electron chi connectivity index (χ2n) is 5.92. The number of fused-ring (bicyclic) bond motifs is 1. The van der Waals surface area contributed by atoms with E-state index < -0.39 is 5.60 Å². The number of ether oxygens (including phenoxy) is 1. The number of amides is 1.